The molecule has 0 unspecified atom stereocenters. The van der Waals surface area contributed by atoms with Crippen molar-refractivity contribution in [1.29, 1.82) is 0 Å². The third-order valence-corrected chi connectivity index (χ3v) is 5.16. The predicted octanol–water partition coefficient (Wildman–Crippen LogP) is 3.00. The summed E-state index contributed by atoms with van der Waals surface area (Å²) in [6.07, 6.45) is 0.427. The number of halogens is 1. The van der Waals surface area contributed by atoms with E-state index in [1.54, 1.807) is 7.05 Å². The zero-order chi connectivity index (χ0) is 22.7. The fourth-order valence-electron chi connectivity index (χ4n) is 3.38. The number of piperazine rings is 1. The highest BCUT2D eigenvalue weighted by Crippen LogP contribution is 2.13. The fraction of sp³-hybridized carbons (Fsp3) is 0.652. The number of aliphatic imine (C=N–C) groups is 1. The van der Waals surface area contributed by atoms with E-state index in [0.717, 1.165) is 70.4 Å². The van der Waals surface area contributed by atoms with Crippen molar-refractivity contribution < 1.29 is 9.53 Å². The first-order valence-electron chi connectivity index (χ1n) is 11.3. The van der Waals surface area contributed by atoms with Gasteiger partial charge in [0.1, 0.15) is 5.60 Å². The molecule has 1 saturated heterocycles. The van der Waals surface area contributed by atoms with Gasteiger partial charge in [0, 0.05) is 58.5 Å². The van der Waals surface area contributed by atoms with E-state index in [1.165, 1.54) is 5.56 Å². The van der Waals surface area contributed by atoms with Gasteiger partial charge < -0.3 is 20.3 Å². The maximum Gasteiger partial charge on any atom is 0.412 e. The molecule has 1 amide bonds. The molecule has 0 radical (unpaired) electrons. The second-order valence-electron chi connectivity index (χ2n) is 8.78. The number of nitrogens with zero attached hydrogens (tertiary/aromatic N) is 3. The van der Waals surface area contributed by atoms with E-state index in [4.69, 9.17) is 4.74 Å². The quantitative estimate of drug-likeness (QED) is 0.258. The molecular formula is C23H41IN6O2. The van der Waals surface area contributed by atoms with Gasteiger partial charge >= 0.3 is 6.09 Å². The van der Waals surface area contributed by atoms with Crippen molar-refractivity contribution >= 4 is 41.7 Å². The van der Waals surface area contributed by atoms with E-state index in [0.29, 0.717) is 0 Å². The van der Waals surface area contributed by atoms with Crippen LogP contribution in [-0.4, -0.2) is 86.9 Å². The number of ether oxygens (including phenoxy) is 1. The second kappa shape index (κ2) is 14.5. The first-order chi connectivity index (χ1) is 14.8. The molecule has 0 spiro atoms. The molecule has 182 valence electrons. The van der Waals surface area contributed by atoms with Crippen molar-refractivity contribution in [2.24, 2.45) is 4.99 Å². The fourth-order valence-corrected chi connectivity index (χ4v) is 3.38. The molecule has 0 aliphatic carbocycles. The molecular weight excluding hydrogens is 519 g/mol. The van der Waals surface area contributed by atoms with Gasteiger partial charge in [0.15, 0.2) is 5.96 Å². The zero-order valence-corrected chi connectivity index (χ0v) is 22.6. The van der Waals surface area contributed by atoms with Crippen LogP contribution in [0, 0.1) is 0 Å². The molecule has 0 saturated carbocycles. The number of carbonyl (C=O) groups excluding carboxylic acids is 1. The van der Waals surface area contributed by atoms with Crippen LogP contribution >= 0.6 is 24.0 Å². The van der Waals surface area contributed by atoms with Crippen LogP contribution in [0.4, 0.5) is 10.5 Å². The van der Waals surface area contributed by atoms with Gasteiger partial charge in [-0.1, -0.05) is 19.1 Å². The molecule has 1 aliphatic rings. The minimum atomic E-state index is -0.508. The first kappa shape index (κ1) is 28.4. The summed E-state index contributed by atoms with van der Waals surface area (Å²) in [5, 5.41) is 9.52. The molecule has 0 aromatic heterocycles. The van der Waals surface area contributed by atoms with Crippen molar-refractivity contribution in [3.63, 3.8) is 0 Å². The van der Waals surface area contributed by atoms with Crippen molar-refractivity contribution in [2.45, 2.75) is 39.7 Å². The van der Waals surface area contributed by atoms with Gasteiger partial charge in [0.05, 0.1) is 0 Å². The Kier molecular flexibility index (Phi) is 12.9. The van der Waals surface area contributed by atoms with Gasteiger partial charge in [-0.3, -0.25) is 15.2 Å². The molecule has 8 nitrogen and oxygen atoms in total. The predicted molar refractivity (Wildman–Crippen MR) is 143 cm³/mol. The standard InChI is InChI=1S/C23H40N6O2.HI/c1-6-28-15-17-29(18-16-28)14-13-26-21(24-5)25-12-11-19-7-9-20(10-8-19)27-22(30)31-23(2,3)4;/h7-10H,6,11-18H2,1-5H3,(H,27,30)(H2,24,25,26);1H. The van der Waals surface area contributed by atoms with E-state index in [1.807, 2.05) is 45.0 Å². The smallest absolute Gasteiger partial charge is 0.412 e. The third kappa shape index (κ3) is 11.3. The lowest BCUT2D eigenvalue weighted by molar-refractivity contribution is 0.0636. The number of likely N-dealkylation sites (N-methyl/N-ethyl adjacent to an activating group) is 1. The number of carbonyl (C=O) groups is 1. The molecule has 0 bridgehead atoms. The van der Waals surface area contributed by atoms with Gasteiger partial charge in [0.25, 0.3) is 0 Å². The van der Waals surface area contributed by atoms with Crippen molar-refractivity contribution in [3.8, 4) is 0 Å². The number of hydrogen-bond donors (Lipinski definition) is 3. The lowest BCUT2D eigenvalue weighted by Crippen LogP contribution is -2.49. The van der Waals surface area contributed by atoms with Gasteiger partial charge in [-0.25, -0.2) is 4.79 Å². The minimum Gasteiger partial charge on any atom is -0.444 e. The van der Waals surface area contributed by atoms with Crippen LogP contribution in [0.25, 0.3) is 0 Å². The van der Waals surface area contributed by atoms with Gasteiger partial charge in [-0.05, 0) is 51.4 Å². The Morgan fingerprint density at radius 2 is 1.62 bits per heavy atom. The molecule has 0 atom stereocenters. The van der Waals surface area contributed by atoms with Gasteiger partial charge in [0.2, 0.25) is 0 Å². The Morgan fingerprint density at radius 1 is 1.03 bits per heavy atom. The summed E-state index contributed by atoms with van der Waals surface area (Å²) in [6.45, 7) is 16.2. The first-order valence-corrected chi connectivity index (χ1v) is 11.3. The van der Waals surface area contributed by atoms with Crippen LogP contribution in [0.2, 0.25) is 0 Å². The Bertz CT molecular complexity index is 697. The second-order valence-corrected chi connectivity index (χ2v) is 8.78. The Labute approximate surface area is 210 Å². The maximum atomic E-state index is 11.8. The van der Waals surface area contributed by atoms with Crippen LogP contribution in [0.3, 0.4) is 0 Å². The van der Waals surface area contributed by atoms with Gasteiger partial charge in [-0.15, -0.1) is 24.0 Å². The summed E-state index contributed by atoms with van der Waals surface area (Å²) < 4.78 is 5.27. The number of amides is 1. The number of guanidine groups is 1. The number of rotatable bonds is 8. The lowest BCUT2D eigenvalue weighted by Gasteiger charge is -2.34. The van der Waals surface area contributed by atoms with Crippen molar-refractivity contribution in [1.82, 2.24) is 20.4 Å². The molecule has 32 heavy (non-hydrogen) atoms. The average Bonchev–Trinajstić information content (AvgIpc) is 2.73. The van der Waals surface area contributed by atoms with E-state index in [-0.39, 0.29) is 24.0 Å². The highest BCUT2D eigenvalue weighted by atomic mass is 127. The number of benzene rings is 1. The Balaban J connectivity index is 0.00000512. The number of hydrogen-bond acceptors (Lipinski definition) is 5. The maximum absolute atomic E-state index is 11.8. The molecule has 1 aliphatic heterocycles. The average molecular weight is 561 g/mol. The van der Waals surface area contributed by atoms with Gasteiger partial charge in [-0.2, -0.15) is 0 Å². The molecule has 9 heteroatoms. The highest BCUT2D eigenvalue weighted by molar-refractivity contribution is 14.0. The summed E-state index contributed by atoms with van der Waals surface area (Å²) in [7, 11) is 1.80. The number of anilines is 1. The van der Waals surface area contributed by atoms with Crippen molar-refractivity contribution in [2.75, 3.05) is 64.7 Å². The van der Waals surface area contributed by atoms with Crippen LogP contribution in [0.5, 0.6) is 0 Å². The SMILES string of the molecule is CCN1CCN(CCNC(=NC)NCCc2ccc(NC(=O)OC(C)(C)C)cc2)CC1.I. The molecule has 1 aromatic carbocycles. The topological polar surface area (TPSA) is 81.2 Å². The van der Waals surface area contributed by atoms with E-state index >= 15 is 0 Å². The molecule has 2 rings (SSSR count). The lowest BCUT2D eigenvalue weighted by atomic mass is 10.1. The minimum absolute atomic E-state index is 0. The molecule has 1 heterocycles. The Hall–Kier alpha value is -1.59. The van der Waals surface area contributed by atoms with Crippen molar-refractivity contribution in [3.05, 3.63) is 29.8 Å². The summed E-state index contributed by atoms with van der Waals surface area (Å²) in [5.74, 6) is 0.829. The van der Waals surface area contributed by atoms with Crippen LogP contribution in [-0.2, 0) is 11.2 Å². The molecule has 1 aromatic rings. The van der Waals surface area contributed by atoms with Crippen LogP contribution < -0.4 is 16.0 Å². The summed E-state index contributed by atoms with van der Waals surface area (Å²) >= 11 is 0. The largest absolute Gasteiger partial charge is 0.444 e. The normalized spacial score (nSPS) is 15.6. The van der Waals surface area contributed by atoms with Crippen LogP contribution in [0.15, 0.2) is 29.3 Å². The van der Waals surface area contributed by atoms with E-state index in [9.17, 15) is 4.79 Å². The number of nitrogens with one attached hydrogen (secondary N) is 3. The third-order valence-electron chi connectivity index (χ3n) is 5.16. The molecule has 3 N–H and O–H groups in total. The highest BCUT2D eigenvalue weighted by Gasteiger charge is 2.16. The molecule has 1 fully saturated rings. The summed E-state index contributed by atoms with van der Waals surface area (Å²) in [6, 6.07) is 7.82. The van der Waals surface area contributed by atoms with Crippen LogP contribution in [0.1, 0.15) is 33.3 Å². The monoisotopic (exact) mass is 560 g/mol. The summed E-state index contributed by atoms with van der Waals surface area (Å²) in [5.41, 5.74) is 1.40. The Morgan fingerprint density at radius 3 is 2.19 bits per heavy atom. The zero-order valence-electron chi connectivity index (χ0n) is 20.2. The summed E-state index contributed by atoms with van der Waals surface area (Å²) in [4.78, 5) is 21.1. The van der Waals surface area contributed by atoms with E-state index in [2.05, 4.69) is 37.7 Å². The van der Waals surface area contributed by atoms with E-state index < -0.39 is 11.7 Å².